The Kier molecular flexibility index (Phi) is 5.60. The van der Waals surface area contributed by atoms with Crippen LogP contribution in [0.2, 0.25) is 0 Å². The number of para-hydroxylation sites is 1. The van der Waals surface area contributed by atoms with E-state index in [1.54, 1.807) is 0 Å². The van der Waals surface area contributed by atoms with Crippen LogP contribution in [0.4, 0.5) is 0 Å². The van der Waals surface area contributed by atoms with Gasteiger partial charge in [-0.3, -0.25) is 0 Å². The summed E-state index contributed by atoms with van der Waals surface area (Å²) in [6.45, 7) is 0. The van der Waals surface area contributed by atoms with Crippen molar-refractivity contribution in [1.82, 2.24) is 15.0 Å². The van der Waals surface area contributed by atoms with Gasteiger partial charge in [0.15, 0.2) is 17.5 Å². The zero-order chi connectivity index (χ0) is 32.8. The Morgan fingerprint density at radius 1 is 0.380 bits per heavy atom. The monoisotopic (exact) mass is 639 g/mol. The Morgan fingerprint density at radius 2 is 1.00 bits per heavy atom. The zero-order valence-electron chi connectivity index (χ0n) is 26.6. The molecule has 11 rings (SSSR count). The summed E-state index contributed by atoms with van der Waals surface area (Å²) in [5.74, 6) is 3.53. The Morgan fingerprint density at radius 3 is 1.84 bits per heavy atom. The molecular weight excluding hydrogens is 615 g/mol. The third-order valence-corrected chi connectivity index (χ3v) is 9.87. The first-order valence-electron chi connectivity index (χ1n) is 16.7. The van der Waals surface area contributed by atoms with E-state index in [1.165, 1.54) is 21.5 Å². The first kappa shape index (κ1) is 27.1. The van der Waals surface area contributed by atoms with Gasteiger partial charge in [0.05, 0.1) is 0 Å². The molecule has 0 N–H and O–H groups in total. The molecule has 5 heteroatoms. The maximum Gasteiger partial charge on any atom is 0.164 e. The molecule has 2 aromatic heterocycles. The Labute approximate surface area is 286 Å². The average Bonchev–Trinajstić information content (AvgIpc) is 3.56. The predicted molar refractivity (Wildman–Crippen MR) is 201 cm³/mol. The van der Waals surface area contributed by atoms with E-state index in [-0.39, 0.29) is 0 Å². The number of furan rings is 1. The van der Waals surface area contributed by atoms with E-state index in [1.807, 2.05) is 54.6 Å². The maximum absolute atomic E-state index is 6.78. The van der Waals surface area contributed by atoms with Crippen LogP contribution >= 0.6 is 0 Å². The normalized spacial score (nSPS) is 12.2. The average molecular weight is 640 g/mol. The second kappa shape index (κ2) is 10.3. The highest BCUT2D eigenvalue weighted by Crippen LogP contribution is 2.50. The SMILES string of the molecule is c1ccc(-c2nc(-c3cccc(-c4ccc5ccc6ccc7cccc8c7c6c5c4O8)c3)nc(-c3ccc4c(c3)oc3ccccc34)n2)cc1. The van der Waals surface area contributed by atoms with Crippen molar-refractivity contribution in [2.45, 2.75) is 0 Å². The molecule has 0 saturated carbocycles. The summed E-state index contributed by atoms with van der Waals surface area (Å²) < 4.78 is 13.0. The molecule has 0 spiro atoms. The van der Waals surface area contributed by atoms with Gasteiger partial charge in [0, 0.05) is 49.2 Å². The molecule has 5 nitrogen and oxygen atoms in total. The van der Waals surface area contributed by atoms with Crippen molar-refractivity contribution in [2.24, 2.45) is 0 Å². The fourth-order valence-corrected chi connectivity index (χ4v) is 7.51. The summed E-state index contributed by atoms with van der Waals surface area (Å²) in [4.78, 5) is 15.1. The molecule has 0 radical (unpaired) electrons. The zero-order valence-corrected chi connectivity index (χ0v) is 26.6. The van der Waals surface area contributed by atoms with Gasteiger partial charge in [-0.05, 0) is 58.1 Å². The van der Waals surface area contributed by atoms with Gasteiger partial charge in [-0.1, -0.05) is 115 Å². The molecule has 3 heterocycles. The van der Waals surface area contributed by atoms with Crippen LogP contribution in [0.5, 0.6) is 11.5 Å². The van der Waals surface area contributed by atoms with Gasteiger partial charge in [0.25, 0.3) is 0 Å². The highest BCUT2D eigenvalue weighted by atomic mass is 16.5. The highest BCUT2D eigenvalue weighted by Gasteiger charge is 2.23. The molecular formula is C45H25N3O2. The minimum Gasteiger partial charge on any atom is -0.456 e. The number of aromatic nitrogens is 3. The molecule has 0 aliphatic carbocycles. The summed E-state index contributed by atoms with van der Waals surface area (Å²) in [5.41, 5.74) is 6.36. The second-order valence-corrected chi connectivity index (χ2v) is 12.8. The van der Waals surface area contributed by atoms with Gasteiger partial charge in [-0.15, -0.1) is 0 Å². The van der Waals surface area contributed by atoms with E-state index < -0.39 is 0 Å². The van der Waals surface area contributed by atoms with Gasteiger partial charge in [0.2, 0.25) is 0 Å². The van der Waals surface area contributed by atoms with Crippen molar-refractivity contribution < 1.29 is 9.15 Å². The van der Waals surface area contributed by atoms with Crippen molar-refractivity contribution in [3.8, 4) is 56.8 Å². The summed E-state index contributed by atoms with van der Waals surface area (Å²) in [7, 11) is 0. The molecule has 50 heavy (non-hydrogen) atoms. The Bertz CT molecular complexity index is 3010. The number of rotatable bonds is 4. The minimum absolute atomic E-state index is 0.581. The van der Waals surface area contributed by atoms with E-state index in [9.17, 15) is 0 Å². The van der Waals surface area contributed by atoms with Gasteiger partial charge in [0.1, 0.15) is 22.7 Å². The first-order valence-corrected chi connectivity index (χ1v) is 16.7. The van der Waals surface area contributed by atoms with Gasteiger partial charge < -0.3 is 9.15 Å². The second-order valence-electron chi connectivity index (χ2n) is 12.8. The smallest absolute Gasteiger partial charge is 0.164 e. The molecule has 0 bridgehead atoms. The predicted octanol–water partition coefficient (Wildman–Crippen LogP) is 12.0. The van der Waals surface area contributed by atoms with E-state index in [0.717, 1.165) is 72.0 Å². The molecule has 0 atom stereocenters. The summed E-state index contributed by atoms with van der Waals surface area (Å²) >= 11 is 0. The van der Waals surface area contributed by atoms with Crippen LogP contribution in [0.15, 0.2) is 156 Å². The van der Waals surface area contributed by atoms with Gasteiger partial charge in [-0.2, -0.15) is 0 Å². The maximum atomic E-state index is 6.78. The molecule has 0 saturated heterocycles. The van der Waals surface area contributed by atoms with Crippen LogP contribution < -0.4 is 4.74 Å². The van der Waals surface area contributed by atoms with Gasteiger partial charge in [-0.25, -0.2) is 15.0 Å². The molecule has 1 aliphatic rings. The minimum atomic E-state index is 0.581. The van der Waals surface area contributed by atoms with Crippen molar-refractivity contribution in [1.29, 1.82) is 0 Å². The molecule has 0 fully saturated rings. The molecule has 10 aromatic rings. The quantitative estimate of drug-likeness (QED) is 0.179. The summed E-state index contributed by atoms with van der Waals surface area (Å²) in [5, 5.41) is 9.25. The lowest BCUT2D eigenvalue weighted by atomic mass is 9.90. The standard InChI is InChI=1S/C45H25N3O2/c1-2-8-29(9-3-1)43-46-44(48-45(47-43)32-21-23-35-34-13-4-5-14-36(34)49-38(35)25-32)31-12-6-11-30(24-31)33-22-20-28-19-18-27-17-16-26-10-7-15-37-39(26)40(27)41(28)42(33)50-37/h1-25H. The van der Waals surface area contributed by atoms with Crippen LogP contribution in [0.1, 0.15) is 0 Å². The summed E-state index contributed by atoms with van der Waals surface area (Å²) in [6, 6.07) is 52.1. The number of nitrogens with zero attached hydrogens (tertiary/aromatic N) is 3. The van der Waals surface area contributed by atoms with Crippen LogP contribution in [-0.2, 0) is 0 Å². The molecule has 8 aromatic carbocycles. The lowest BCUT2D eigenvalue weighted by Crippen LogP contribution is -2.00. The van der Waals surface area contributed by atoms with Crippen molar-refractivity contribution in [3.63, 3.8) is 0 Å². The largest absolute Gasteiger partial charge is 0.456 e. The number of benzene rings is 8. The van der Waals surface area contributed by atoms with Crippen LogP contribution in [0.25, 0.3) is 99.5 Å². The molecule has 1 aliphatic heterocycles. The fourth-order valence-electron chi connectivity index (χ4n) is 7.51. The van der Waals surface area contributed by atoms with Crippen molar-refractivity contribution in [2.75, 3.05) is 0 Å². The highest BCUT2D eigenvalue weighted by molar-refractivity contribution is 6.26. The third kappa shape index (κ3) is 4.04. The van der Waals surface area contributed by atoms with Crippen LogP contribution in [-0.4, -0.2) is 15.0 Å². The van der Waals surface area contributed by atoms with Gasteiger partial charge >= 0.3 is 0 Å². The van der Waals surface area contributed by atoms with E-state index >= 15 is 0 Å². The lowest BCUT2D eigenvalue weighted by molar-refractivity contribution is 0.494. The lowest BCUT2D eigenvalue weighted by Gasteiger charge is -2.23. The molecule has 232 valence electrons. The van der Waals surface area contributed by atoms with Crippen LogP contribution in [0.3, 0.4) is 0 Å². The molecule has 0 unspecified atom stereocenters. The molecule has 0 amide bonds. The van der Waals surface area contributed by atoms with E-state index in [0.29, 0.717) is 17.5 Å². The number of fused-ring (bicyclic) bond motifs is 3. The number of ether oxygens (including phenoxy) is 1. The van der Waals surface area contributed by atoms with Crippen molar-refractivity contribution >= 4 is 54.3 Å². The van der Waals surface area contributed by atoms with E-state index in [2.05, 4.69) is 97.1 Å². The third-order valence-electron chi connectivity index (χ3n) is 9.87. The Balaban J connectivity index is 1.09. The first-order chi connectivity index (χ1) is 24.7. The number of hydrogen-bond donors (Lipinski definition) is 0. The topological polar surface area (TPSA) is 61.0 Å². The van der Waals surface area contributed by atoms with E-state index in [4.69, 9.17) is 24.1 Å². The summed E-state index contributed by atoms with van der Waals surface area (Å²) in [6.07, 6.45) is 0. The number of hydrogen-bond acceptors (Lipinski definition) is 5. The fraction of sp³-hybridized carbons (Fsp3) is 0. The Hall–Kier alpha value is -6.85. The van der Waals surface area contributed by atoms with Crippen LogP contribution in [0, 0.1) is 0 Å². The van der Waals surface area contributed by atoms with Crippen molar-refractivity contribution in [3.05, 3.63) is 152 Å².